The maximum Gasteiger partial charge on any atom is 0.432 e. The van der Waals surface area contributed by atoms with E-state index >= 15 is 0 Å². The highest BCUT2D eigenvalue weighted by molar-refractivity contribution is 6.33. The molecule has 3 aromatic carbocycles. The molecule has 0 atom stereocenters. The molecular formula is C23H17Cl2F3N4O. The van der Waals surface area contributed by atoms with Crippen molar-refractivity contribution >= 4 is 57.6 Å². The molecule has 0 heterocycles. The predicted octanol–water partition coefficient (Wildman–Crippen LogP) is 6.86. The second-order valence-electron chi connectivity index (χ2n) is 6.84. The molecule has 0 radical (unpaired) electrons. The number of nitrogen functional groups attached to an aromatic ring is 1. The highest BCUT2D eigenvalue weighted by atomic mass is 35.5. The Balaban J connectivity index is 1.88. The molecule has 5 nitrogen and oxygen atoms in total. The average Bonchev–Trinajstić information content (AvgIpc) is 2.76. The van der Waals surface area contributed by atoms with E-state index in [1.807, 2.05) is 0 Å². The van der Waals surface area contributed by atoms with Crippen molar-refractivity contribution in [3.8, 4) is 0 Å². The minimum atomic E-state index is -4.83. The number of anilines is 3. The summed E-state index contributed by atoms with van der Waals surface area (Å²) in [6.45, 7) is 0. The van der Waals surface area contributed by atoms with E-state index in [4.69, 9.17) is 34.3 Å². The van der Waals surface area contributed by atoms with Crippen LogP contribution in [0, 0.1) is 5.41 Å². The van der Waals surface area contributed by atoms with Gasteiger partial charge in [-0.05, 0) is 54.1 Å². The SMILES string of the molecule is N=C(/C=C(\Nc1ccccc1Cl)c1ccc(C(=O)Nc2ccc(Cl)cc2N)cc1)C(F)(F)F. The second-order valence-corrected chi connectivity index (χ2v) is 7.68. The standard InChI is InChI=1S/C23H17Cl2F3N4O/c24-15-9-10-19(17(29)11-15)32-22(33)14-7-5-13(6-8-14)20(12-21(30)23(26,27)28)31-18-4-2-1-3-16(18)25/h1-12,30-31H,29H2,(H,32,33)/b20-12-,30-21?. The number of nitrogens with two attached hydrogens (primary N) is 1. The van der Waals surface area contributed by atoms with Crippen LogP contribution in [-0.4, -0.2) is 17.8 Å². The Morgan fingerprint density at radius 1 is 0.909 bits per heavy atom. The van der Waals surface area contributed by atoms with Crippen LogP contribution in [0.1, 0.15) is 15.9 Å². The summed E-state index contributed by atoms with van der Waals surface area (Å²) >= 11 is 12.0. The summed E-state index contributed by atoms with van der Waals surface area (Å²) in [5.74, 6) is -0.469. The second kappa shape index (κ2) is 9.97. The summed E-state index contributed by atoms with van der Waals surface area (Å²) in [6, 6.07) is 16.9. The Morgan fingerprint density at radius 2 is 1.55 bits per heavy atom. The molecule has 0 aliphatic carbocycles. The molecule has 10 heteroatoms. The number of para-hydroxylation sites is 1. The predicted molar refractivity (Wildman–Crippen MR) is 127 cm³/mol. The fourth-order valence-corrected chi connectivity index (χ4v) is 3.13. The third-order valence-electron chi connectivity index (χ3n) is 4.46. The zero-order valence-corrected chi connectivity index (χ0v) is 18.3. The van der Waals surface area contributed by atoms with Gasteiger partial charge in [-0.25, -0.2) is 0 Å². The number of alkyl halides is 3. The molecule has 33 heavy (non-hydrogen) atoms. The molecule has 5 N–H and O–H groups in total. The van der Waals surface area contributed by atoms with Gasteiger partial charge in [-0.15, -0.1) is 0 Å². The number of halogens is 5. The number of amides is 1. The molecule has 0 saturated carbocycles. The van der Waals surface area contributed by atoms with Gasteiger partial charge in [0.05, 0.1) is 22.1 Å². The van der Waals surface area contributed by atoms with Gasteiger partial charge >= 0.3 is 6.18 Å². The van der Waals surface area contributed by atoms with E-state index in [0.717, 1.165) is 0 Å². The molecule has 0 aromatic heterocycles. The fraction of sp³-hybridized carbons (Fsp3) is 0.0435. The van der Waals surface area contributed by atoms with Gasteiger partial charge in [0.15, 0.2) is 0 Å². The molecule has 1 amide bonds. The van der Waals surface area contributed by atoms with Crippen molar-refractivity contribution in [3.05, 3.63) is 94.0 Å². The minimum Gasteiger partial charge on any atom is -0.397 e. The number of rotatable bonds is 6. The van der Waals surface area contributed by atoms with Crippen molar-refractivity contribution in [3.63, 3.8) is 0 Å². The first-order valence-corrected chi connectivity index (χ1v) is 10.2. The largest absolute Gasteiger partial charge is 0.432 e. The summed E-state index contributed by atoms with van der Waals surface area (Å²) < 4.78 is 39.0. The van der Waals surface area contributed by atoms with Crippen LogP contribution in [0.5, 0.6) is 0 Å². The maximum atomic E-state index is 13.0. The molecule has 0 spiro atoms. The van der Waals surface area contributed by atoms with Gasteiger partial charge < -0.3 is 16.4 Å². The number of hydrogen-bond donors (Lipinski definition) is 4. The van der Waals surface area contributed by atoms with Crippen LogP contribution >= 0.6 is 23.2 Å². The summed E-state index contributed by atoms with van der Waals surface area (Å²) in [6.07, 6.45) is -4.17. The van der Waals surface area contributed by atoms with Crippen molar-refractivity contribution in [1.82, 2.24) is 0 Å². The lowest BCUT2D eigenvalue weighted by atomic mass is 10.1. The summed E-state index contributed by atoms with van der Waals surface area (Å²) in [5, 5.41) is 13.5. The van der Waals surface area contributed by atoms with Crippen LogP contribution in [-0.2, 0) is 0 Å². The van der Waals surface area contributed by atoms with E-state index in [9.17, 15) is 18.0 Å². The fourth-order valence-electron chi connectivity index (χ4n) is 2.77. The number of allylic oxidation sites excluding steroid dienone is 1. The Labute approximate surface area is 197 Å². The number of carbonyl (C=O) groups excluding carboxylic acids is 1. The van der Waals surface area contributed by atoms with Crippen molar-refractivity contribution in [1.29, 1.82) is 5.41 Å². The Kier molecular flexibility index (Phi) is 7.30. The molecule has 0 aliphatic rings. The lowest BCUT2D eigenvalue weighted by molar-refractivity contribution is -0.0583. The van der Waals surface area contributed by atoms with Crippen LogP contribution in [0.15, 0.2) is 72.8 Å². The third-order valence-corrected chi connectivity index (χ3v) is 5.02. The van der Waals surface area contributed by atoms with Crippen LogP contribution < -0.4 is 16.4 Å². The molecule has 3 aromatic rings. The molecule has 170 valence electrons. The summed E-state index contributed by atoms with van der Waals surface area (Å²) in [4.78, 5) is 12.5. The van der Waals surface area contributed by atoms with Crippen molar-refractivity contribution in [2.24, 2.45) is 0 Å². The van der Waals surface area contributed by atoms with Gasteiger partial charge in [-0.1, -0.05) is 47.5 Å². The first kappa shape index (κ1) is 24.2. The zero-order chi connectivity index (χ0) is 24.2. The first-order valence-electron chi connectivity index (χ1n) is 9.40. The number of nitrogens with one attached hydrogen (secondary N) is 3. The molecule has 3 rings (SSSR count). The zero-order valence-electron chi connectivity index (χ0n) is 16.8. The average molecular weight is 493 g/mol. The molecule has 0 aliphatic heterocycles. The molecule has 0 bridgehead atoms. The quantitative estimate of drug-likeness (QED) is 0.223. The van der Waals surface area contributed by atoms with Gasteiger partial charge in [0.1, 0.15) is 5.71 Å². The van der Waals surface area contributed by atoms with Gasteiger partial charge in [0.2, 0.25) is 0 Å². The topological polar surface area (TPSA) is 91.0 Å². The lowest BCUT2D eigenvalue weighted by Gasteiger charge is -2.15. The molecule has 0 fully saturated rings. The van der Waals surface area contributed by atoms with E-state index in [1.54, 1.807) is 36.4 Å². The molecular weight excluding hydrogens is 476 g/mol. The Hall–Kier alpha value is -3.49. The van der Waals surface area contributed by atoms with Crippen molar-refractivity contribution < 1.29 is 18.0 Å². The van der Waals surface area contributed by atoms with Crippen molar-refractivity contribution in [2.75, 3.05) is 16.4 Å². The maximum absolute atomic E-state index is 13.0. The smallest absolute Gasteiger partial charge is 0.397 e. The van der Waals surface area contributed by atoms with E-state index in [-0.39, 0.29) is 16.9 Å². The summed E-state index contributed by atoms with van der Waals surface area (Å²) in [5.41, 5.74) is 5.85. The van der Waals surface area contributed by atoms with Gasteiger partial charge in [-0.3, -0.25) is 10.2 Å². The minimum absolute atomic E-state index is 0.0145. The van der Waals surface area contributed by atoms with Crippen LogP contribution in [0.25, 0.3) is 5.70 Å². The van der Waals surface area contributed by atoms with Gasteiger partial charge in [0.25, 0.3) is 5.91 Å². The monoisotopic (exact) mass is 492 g/mol. The Bertz CT molecular complexity index is 1230. The highest BCUT2D eigenvalue weighted by Gasteiger charge is 2.33. The normalized spacial score (nSPS) is 11.7. The van der Waals surface area contributed by atoms with E-state index in [1.165, 1.54) is 30.3 Å². The van der Waals surface area contributed by atoms with Gasteiger partial charge in [0, 0.05) is 16.3 Å². The Morgan fingerprint density at radius 3 is 2.15 bits per heavy atom. The van der Waals surface area contributed by atoms with Crippen molar-refractivity contribution in [2.45, 2.75) is 6.18 Å². The third kappa shape index (κ3) is 6.27. The number of benzene rings is 3. The van der Waals surface area contributed by atoms with E-state index in [0.29, 0.717) is 33.1 Å². The molecule has 0 saturated heterocycles. The van der Waals surface area contributed by atoms with Crippen LogP contribution in [0.2, 0.25) is 10.0 Å². The highest BCUT2D eigenvalue weighted by Crippen LogP contribution is 2.28. The van der Waals surface area contributed by atoms with E-state index < -0.39 is 17.8 Å². The van der Waals surface area contributed by atoms with Crippen LogP contribution in [0.3, 0.4) is 0 Å². The lowest BCUT2D eigenvalue weighted by Crippen LogP contribution is -2.20. The molecule has 0 unspecified atom stereocenters. The summed E-state index contributed by atoms with van der Waals surface area (Å²) in [7, 11) is 0. The van der Waals surface area contributed by atoms with Gasteiger partial charge in [-0.2, -0.15) is 13.2 Å². The number of hydrogen-bond acceptors (Lipinski definition) is 4. The first-order chi connectivity index (χ1) is 15.5. The van der Waals surface area contributed by atoms with E-state index in [2.05, 4.69) is 10.6 Å². The van der Waals surface area contributed by atoms with Crippen LogP contribution in [0.4, 0.5) is 30.2 Å². The number of carbonyl (C=O) groups is 1.